The van der Waals surface area contributed by atoms with Gasteiger partial charge in [-0.2, -0.15) is 11.8 Å². The van der Waals surface area contributed by atoms with Gasteiger partial charge in [-0.25, -0.2) is 5.84 Å². The Bertz CT molecular complexity index is 383. The molecule has 1 amide bonds. The average Bonchev–Trinajstić information content (AvgIpc) is 2.37. The third-order valence-corrected chi connectivity index (χ3v) is 3.56. The number of hydrazine groups is 1. The molecule has 3 N–H and O–H groups in total. The molecule has 0 atom stereocenters. The molecular formula is C13H20N2O2S. The molecule has 0 unspecified atom stereocenters. The topological polar surface area (TPSA) is 64.3 Å². The van der Waals surface area contributed by atoms with Crippen molar-refractivity contribution >= 4 is 17.7 Å². The molecule has 100 valence electrons. The van der Waals surface area contributed by atoms with Gasteiger partial charge in [0.05, 0.1) is 12.2 Å². The predicted octanol–water partition coefficient (Wildman–Crippen LogP) is 2.06. The van der Waals surface area contributed by atoms with E-state index in [9.17, 15) is 4.79 Å². The summed E-state index contributed by atoms with van der Waals surface area (Å²) in [6.45, 7) is 4.97. The summed E-state index contributed by atoms with van der Waals surface area (Å²) in [4.78, 5) is 11.5. The molecule has 0 heterocycles. The van der Waals surface area contributed by atoms with Crippen LogP contribution >= 0.6 is 11.8 Å². The first kappa shape index (κ1) is 14.9. The highest BCUT2D eigenvalue weighted by Crippen LogP contribution is 2.18. The summed E-state index contributed by atoms with van der Waals surface area (Å²) in [7, 11) is 0. The number of nitrogen functional groups attached to an aromatic ring is 1. The van der Waals surface area contributed by atoms with Gasteiger partial charge in [-0.05, 0) is 23.8 Å². The van der Waals surface area contributed by atoms with E-state index in [4.69, 9.17) is 10.6 Å². The number of carbonyl (C=O) groups is 1. The van der Waals surface area contributed by atoms with Crippen LogP contribution in [0.5, 0.6) is 5.75 Å². The predicted molar refractivity (Wildman–Crippen MR) is 75.8 cm³/mol. The van der Waals surface area contributed by atoms with Crippen LogP contribution in [0.4, 0.5) is 0 Å². The summed E-state index contributed by atoms with van der Waals surface area (Å²) in [6, 6.07) is 7.09. The summed E-state index contributed by atoms with van der Waals surface area (Å²) in [5, 5.41) is 0. The van der Waals surface area contributed by atoms with Gasteiger partial charge in [0.25, 0.3) is 5.91 Å². The minimum atomic E-state index is -0.333. The monoisotopic (exact) mass is 268 g/mol. The highest BCUT2D eigenvalue weighted by atomic mass is 32.2. The van der Waals surface area contributed by atoms with Crippen molar-refractivity contribution in [2.45, 2.75) is 13.8 Å². The summed E-state index contributed by atoms with van der Waals surface area (Å²) in [5.41, 5.74) is 2.58. The molecule has 0 aliphatic rings. The number of rotatable bonds is 7. The lowest BCUT2D eigenvalue weighted by molar-refractivity contribution is 0.0950. The largest absolute Gasteiger partial charge is 0.492 e. The van der Waals surface area contributed by atoms with Gasteiger partial charge in [0.15, 0.2) is 0 Å². The number of benzene rings is 1. The normalized spacial score (nSPS) is 10.4. The second-order valence-electron chi connectivity index (χ2n) is 4.29. The third kappa shape index (κ3) is 4.98. The minimum Gasteiger partial charge on any atom is -0.492 e. The zero-order valence-corrected chi connectivity index (χ0v) is 11.6. The molecule has 0 saturated carbocycles. The lowest BCUT2D eigenvalue weighted by Crippen LogP contribution is -2.30. The number of para-hydroxylation sites is 1. The van der Waals surface area contributed by atoms with Crippen LogP contribution in [0.1, 0.15) is 24.2 Å². The van der Waals surface area contributed by atoms with Crippen LogP contribution in [0, 0.1) is 5.92 Å². The zero-order valence-electron chi connectivity index (χ0n) is 10.8. The molecule has 0 aliphatic carbocycles. The quantitative estimate of drug-likeness (QED) is 0.344. The highest BCUT2D eigenvalue weighted by Gasteiger charge is 2.10. The maximum Gasteiger partial charge on any atom is 0.268 e. The van der Waals surface area contributed by atoms with Crippen LogP contribution < -0.4 is 16.0 Å². The van der Waals surface area contributed by atoms with Crippen molar-refractivity contribution in [1.82, 2.24) is 5.43 Å². The van der Waals surface area contributed by atoms with Crippen LogP contribution in [0.3, 0.4) is 0 Å². The standard InChI is InChI=1S/C13H20N2O2S/c1-10(2)9-18-8-7-17-12-6-4-3-5-11(12)13(16)15-14/h3-6,10H,7-9,14H2,1-2H3,(H,15,16). The number of carbonyl (C=O) groups excluding carboxylic acids is 1. The molecule has 0 radical (unpaired) electrons. The van der Waals surface area contributed by atoms with E-state index in [1.54, 1.807) is 18.2 Å². The fraction of sp³-hybridized carbons (Fsp3) is 0.462. The molecule has 0 fully saturated rings. The van der Waals surface area contributed by atoms with E-state index < -0.39 is 0 Å². The Morgan fingerprint density at radius 3 is 2.83 bits per heavy atom. The smallest absolute Gasteiger partial charge is 0.268 e. The molecule has 4 nitrogen and oxygen atoms in total. The van der Waals surface area contributed by atoms with Crippen LogP contribution in [0.2, 0.25) is 0 Å². The van der Waals surface area contributed by atoms with Crippen molar-refractivity contribution in [3.63, 3.8) is 0 Å². The van der Waals surface area contributed by atoms with E-state index in [1.807, 2.05) is 17.8 Å². The maximum absolute atomic E-state index is 11.5. The number of amides is 1. The van der Waals surface area contributed by atoms with Crippen molar-refractivity contribution in [2.24, 2.45) is 11.8 Å². The highest BCUT2D eigenvalue weighted by molar-refractivity contribution is 7.99. The summed E-state index contributed by atoms with van der Waals surface area (Å²) in [6.07, 6.45) is 0. The number of nitrogens with one attached hydrogen (secondary N) is 1. The Hall–Kier alpha value is -1.20. The Morgan fingerprint density at radius 2 is 2.17 bits per heavy atom. The first-order chi connectivity index (χ1) is 8.65. The van der Waals surface area contributed by atoms with Crippen molar-refractivity contribution in [3.05, 3.63) is 29.8 Å². The molecule has 0 saturated heterocycles. The summed E-state index contributed by atoms with van der Waals surface area (Å²) < 4.78 is 5.60. The van der Waals surface area contributed by atoms with Gasteiger partial charge in [-0.1, -0.05) is 26.0 Å². The lowest BCUT2D eigenvalue weighted by Gasteiger charge is -2.10. The number of ether oxygens (including phenoxy) is 1. The molecule has 0 bridgehead atoms. The molecule has 5 heteroatoms. The number of nitrogens with two attached hydrogens (primary N) is 1. The zero-order chi connectivity index (χ0) is 13.4. The summed E-state index contributed by atoms with van der Waals surface area (Å²) in [5.74, 6) is 8.08. The van der Waals surface area contributed by atoms with Crippen LogP contribution in [-0.2, 0) is 0 Å². The number of hydrogen-bond acceptors (Lipinski definition) is 4. The maximum atomic E-state index is 11.5. The van der Waals surface area contributed by atoms with E-state index in [2.05, 4.69) is 19.3 Å². The fourth-order valence-corrected chi connectivity index (χ4v) is 2.23. The molecule has 1 aromatic carbocycles. The second-order valence-corrected chi connectivity index (χ2v) is 5.44. The van der Waals surface area contributed by atoms with Crippen molar-refractivity contribution in [2.75, 3.05) is 18.1 Å². The van der Waals surface area contributed by atoms with Crippen LogP contribution in [0.15, 0.2) is 24.3 Å². The first-order valence-corrected chi connectivity index (χ1v) is 7.11. The first-order valence-electron chi connectivity index (χ1n) is 5.95. The Labute approximate surface area is 112 Å². The van der Waals surface area contributed by atoms with Gasteiger partial charge in [0, 0.05) is 5.75 Å². The lowest BCUT2D eigenvalue weighted by atomic mass is 10.2. The van der Waals surface area contributed by atoms with Crippen LogP contribution in [-0.4, -0.2) is 24.0 Å². The number of thioether (sulfide) groups is 1. The minimum absolute atomic E-state index is 0.333. The SMILES string of the molecule is CC(C)CSCCOc1ccccc1C(=O)NN. The molecule has 0 spiro atoms. The van der Waals surface area contributed by atoms with Gasteiger partial charge < -0.3 is 4.74 Å². The van der Waals surface area contributed by atoms with E-state index >= 15 is 0 Å². The van der Waals surface area contributed by atoms with Crippen molar-refractivity contribution in [3.8, 4) is 5.75 Å². The van der Waals surface area contributed by atoms with E-state index in [1.165, 1.54) is 0 Å². The molecular weight excluding hydrogens is 248 g/mol. The van der Waals surface area contributed by atoms with E-state index in [0.717, 1.165) is 11.5 Å². The Kier molecular flexibility index (Phi) is 6.60. The molecule has 0 aromatic heterocycles. The Morgan fingerprint density at radius 1 is 1.44 bits per heavy atom. The van der Waals surface area contributed by atoms with Gasteiger partial charge in [0.1, 0.15) is 5.75 Å². The number of hydrogen-bond donors (Lipinski definition) is 2. The molecule has 1 rings (SSSR count). The van der Waals surface area contributed by atoms with Crippen molar-refractivity contribution < 1.29 is 9.53 Å². The second kappa shape index (κ2) is 8.00. The molecule has 1 aromatic rings. The molecule has 0 aliphatic heterocycles. The van der Waals surface area contributed by atoms with Gasteiger partial charge in [0.2, 0.25) is 0 Å². The third-order valence-electron chi connectivity index (χ3n) is 2.20. The molecule has 18 heavy (non-hydrogen) atoms. The summed E-state index contributed by atoms with van der Waals surface area (Å²) >= 11 is 1.85. The fourth-order valence-electron chi connectivity index (χ4n) is 1.39. The van der Waals surface area contributed by atoms with Gasteiger partial charge in [-0.3, -0.25) is 10.2 Å². The van der Waals surface area contributed by atoms with Crippen molar-refractivity contribution in [1.29, 1.82) is 0 Å². The van der Waals surface area contributed by atoms with E-state index in [-0.39, 0.29) is 5.91 Å². The van der Waals surface area contributed by atoms with Gasteiger partial charge >= 0.3 is 0 Å². The van der Waals surface area contributed by atoms with Crippen LogP contribution in [0.25, 0.3) is 0 Å². The van der Waals surface area contributed by atoms with Gasteiger partial charge in [-0.15, -0.1) is 0 Å². The van der Waals surface area contributed by atoms with E-state index in [0.29, 0.717) is 23.8 Å². The Balaban J connectivity index is 2.44. The average molecular weight is 268 g/mol.